The molecule has 0 saturated heterocycles. The third-order valence-corrected chi connectivity index (χ3v) is 3.26. The Morgan fingerprint density at radius 3 is 2.68 bits per heavy atom. The van der Waals surface area contributed by atoms with Crippen LogP contribution in [-0.4, -0.2) is 36.4 Å². The fourth-order valence-electron chi connectivity index (χ4n) is 2.10. The van der Waals surface area contributed by atoms with E-state index in [0.717, 1.165) is 12.8 Å². The highest BCUT2D eigenvalue weighted by atomic mass is 16.5. The Labute approximate surface area is 113 Å². The summed E-state index contributed by atoms with van der Waals surface area (Å²) in [7, 11) is 0. The maximum absolute atomic E-state index is 10.2. The summed E-state index contributed by atoms with van der Waals surface area (Å²) in [5, 5.41) is 14.0. The van der Waals surface area contributed by atoms with Crippen LogP contribution in [0.4, 0.5) is 4.79 Å². The molecule has 0 bridgehead atoms. The van der Waals surface area contributed by atoms with E-state index in [4.69, 9.17) is 9.84 Å². The van der Waals surface area contributed by atoms with Gasteiger partial charge in [-0.1, -0.05) is 30.3 Å². The molecular weight excluding hydrogens is 244 g/mol. The van der Waals surface area contributed by atoms with E-state index in [2.05, 4.69) is 22.8 Å². The van der Waals surface area contributed by atoms with E-state index < -0.39 is 6.09 Å². The Morgan fingerprint density at radius 1 is 1.26 bits per heavy atom. The summed E-state index contributed by atoms with van der Waals surface area (Å²) in [6.45, 7) is 1.78. The van der Waals surface area contributed by atoms with Crippen molar-refractivity contribution in [2.75, 3.05) is 13.1 Å². The molecule has 104 valence electrons. The molecule has 2 rings (SSSR count). The van der Waals surface area contributed by atoms with Gasteiger partial charge in [0.2, 0.25) is 0 Å². The fourth-order valence-corrected chi connectivity index (χ4v) is 2.10. The number of nitrogens with one attached hydrogen (secondary N) is 2. The molecule has 1 aromatic carbocycles. The van der Waals surface area contributed by atoms with Gasteiger partial charge < -0.3 is 20.5 Å². The Kier molecular flexibility index (Phi) is 5.18. The highest BCUT2D eigenvalue weighted by Gasteiger charge is 2.29. The average Bonchev–Trinajstić information content (AvgIpc) is 2.36. The van der Waals surface area contributed by atoms with Crippen molar-refractivity contribution >= 4 is 6.09 Å². The second-order valence-electron chi connectivity index (χ2n) is 4.77. The first kappa shape index (κ1) is 13.8. The molecule has 19 heavy (non-hydrogen) atoms. The largest absolute Gasteiger partial charge is 0.465 e. The van der Waals surface area contributed by atoms with Gasteiger partial charge in [-0.05, 0) is 18.4 Å². The van der Waals surface area contributed by atoms with Crippen LogP contribution in [0.2, 0.25) is 0 Å². The predicted molar refractivity (Wildman–Crippen MR) is 72.1 cm³/mol. The summed E-state index contributed by atoms with van der Waals surface area (Å²) in [6, 6.07) is 10.6. The van der Waals surface area contributed by atoms with Crippen molar-refractivity contribution in [3.63, 3.8) is 0 Å². The van der Waals surface area contributed by atoms with Gasteiger partial charge in [0.1, 0.15) is 0 Å². The summed E-state index contributed by atoms with van der Waals surface area (Å²) in [4.78, 5) is 10.2. The van der Waals surface area contributed by atoms with E-state index in [1.807, 2.05) is 18.2 Å². The number of hydrogen-bond acceptors (Lipinski definition) is 3. The van der Waals surface area contributed by atoms with E-state index >= 15 is 0 Å². The molecule has 0 spiro atoms. The zero-order valence-corrected chi connectivity index (χ0v) is 10.8. The van der Waals surface area contributed by atoms with Crippen molar-refractivity contribution < 1.29 is 14.6 Å². The Morgan fingerprint density at radius 2 is 2.00 bits per heavy atom. The third-order valence-electron chi connectivity index (χ3n) is 3.26. The van der Waals surface area contributed by atoms with Crippen LogP contribution in [0.15, 0.2) is 30.3 Å². The van der Waals surface area contributed by atoms with E-state index in [0.29, 0.717) is 31.8 Å². The van der Waals surface area contributed by atoms with Crippen LogP contribution in [0.1, 0.15) is 18.4 Å². The third kappa shape index (κ3) is 4.89. The molecule has 0 atom stereocenters. The van der Waals surface area contributed by atoms with Gasteiger partial charge in [-0.3, -0.25) is 0 Å². The smallest absolute Gasteiger partial charge is 0.404 e. The lowest BCUT2D eigenvalue weighted by Gasteiger charge is -2.35. The van der Waals surface area contributed by atoms with Crippen LogP contribution >= 0.6 is 0 Å². The lowest BCUT2D eigenvalue weighted by atomic mass is 9.89. The number of rotatable bonds is 7. The van der Waals surface area contributed by atoms with Crippen LogP contribution < -0.4 is 10.6 Å². The highest BCUT2D eigenvalue weighted by molar-refractivity contribution is 5.64. The van der Waals surface area contributed by atoms with Crippen molar-refractivity contribution in [2.45, 2.75) is 31.6 Å². The second kappa shape index (κ2) is 7.11. The van der Waals surface area contributed by atoms with Crippen LogP contribution in [0, 0.1) is 0 Å². The molecule has 0 unspecified atom stereocenters. The number of hydrogen-bond donors (Lipinski definition) is 3. The Balaban J connectivity index is 1.51. The molecule has 1 aliphatic carbocycles. The van der Waals surface area contributed by atoms with Gasteiger partial charge in [0.25, 0.3) is 0 Å². The van der Waals surface area contributed by atoms with Crippen molar-refractivity contribution in [3.8, 4) is 0 Å². The van der Waals surface area contributed by atoms with E-state index in [1.165, 1.54) is 5.56 Å². The Hall–Kier alpha value is -1.59. The summed E-state index contributed by atoms with van der Waals surface area (Å²) in [5.74, 6) is 0. The van der Waals surface area contributed by atoms with Gasteiger partial charge in [-0.25, -0.2) is 4.79 Å². The molecule has 0 aliphatic heterocycles. The first-order valence-electron chi connectivity index (χ1n) is 6.60. The average molecular weight is 264 g/mol. The SMILES string of the molecule is O=C(O)NCCN[C@H]1C[C@H](OCc2ccccc2)C1. The van der Waals surface area contributed by atoms with Gasteiger partial charge in [0, 0.05) is 19.1 Å². The number of carboxylic acid groups (broad SMARTS) is 1. The summed E-state index contributed by atoms with van der Waals surface area (Å²) in [5.41, 5.74) is 1.20. The van der Waals surface area contributed by atoms with Crippen LogP contribution in [0.25, 0.3) is 0 Å². The molecule has 0 aromatic heterocycles. The van der Waals surface area contributed by atoms with Gasteiger partial charge in [-0.2, -0.15) is 0 Å². The topological polar surface area (TPSA) is 70.6 Å². The lowest BCUT2D eigenvalue weighted by molar-refractivity contribution is -0.0263. The van der Waals surface area contributed by atoms with Gasteiger partial charge in [0.15, 0.2) is 0 Å². The van der Waals surface area contributed by atoms with Crippen LogP contribution in [0.3, 0.4) is 0 Å². The molecule has 1 aromatic rings. The molecule has 5 heteroatoms. The minimum atomic E-state index is -0.973. The highest BCUT2D eigenvalue weighted by Crippen LogP contribution is 2.24. The number of benzene rings is 1. The molecule has 1 saturated carbocycles. The van der Waals surface area contributed by atoms with Crippen molar-refractivity contribution in [1.29, 1.82) is 0 Å². The first-order chi connectivity index (χ1) is 9.24. The lowest BCUT2D eigenvalue weighted by Crippen LogP contribution is -2.47. The molecule has 3 N–H and O–H groups in total. The number of ether oxygens (including phenoxy) is 1. The van der Waals surface area contributed by atoms with Gasteiger partial charge in [-0.15, -0.1) is 0 Å². The first-order valence-corrected chi connectivity index (χ1v) is 6.60. The summed E-state index contributed by atoms with van der Waals surface area (Å²) < 4.78 is 5.79. The number of amides is 1. The summed E-state index contributed by atoms with van der Waals surface area (Å²) in [6.07, 6.45) is 1.35. The maximum Gasteiger partial charge on any atom is 0.404 e. The molecule has 1 aliphatic rings. The molecule has 0 heterocycles. The van der Waals surface area contributed by atoms with Gasteiger partial charge >= 0.3 is 6.09 Å². The molecular formula is C14H20N2O3. The normalized spacial score (nSPS) is 21.7. The fraction of sp³-hybridized carbons (Fsp3) is 0.500. The molecule has 0 radical (unpaired) electrons. The minimum absolute atomic E-state index is 0.324. The van der Waals surface area contributed by atoms with E-state index in [-0.39, 0.29) is 0 Å². The Bertz CT molecular complexity index is 391. The summed E-state index contributed by atoms with van der Waals surface area (Å²) >= 11 is 0. The molecule has 5 nitrogen and oxygen atoms in total. The predicted octanol–water partition coefficient (Wildman–Crippen LogP) is 1.59. The molecule has 1 fully saturated rings. The van der Waals surface area contributed by atoms with Crippen molar-refractivity contribution in [3.05, 3.63) is 35.9 Å². The molecule has 1 amide bonds. The second-order valence-corrected chi connectivity index (χ2v) is 4.77. The van der Waals surface area contributed by atoms with E-state index in [1.54, 1.807) is 0 Å². The van der Waals surface area contributed by atoms with Gasteiger partial charge in [0.05, 0.1) is 12.7 Å². The zero-order chi connectivity index (χ0) is 13.5. The van der Waals surface area contributed by atoms with Crippen LogP contribution in [0.5, 0.6) is 0 Å². The minimum Gasteiger partial charge on any atom is -0.465 e. The van der Waals surface area contributed by atoms with E-state index in [9.17, 15) is 4.79 Å². The number of carbonyl (C=O) groups is 1. The van der Waals surface area contributed by atoms with Crippen molar-refractivity contribution in [2.24, 2.45) is 0 Å². The maximum atomic E-state index is 10.2. The van der Waals surface area contributed by atoms with Crippen molar-refractivity contribution in [1.82, 2.24) is 10.6 Å². The quantitative estimate of drug-likeness (QED) is 0.654. The standard InChI is InChI=1S/C14H20N2O3/c17-14(18)16-7-6-15-12-8-13(9-12)19-10-11-4-2-1-3-5-11/h1-5,12-13,15-16H,6-10H2,(H,17,18)/t12-,13-. The zero-order valence-electron chi connectivity index (χ0n) is 10.8. The van der Waals surface area contributed by atoms with Crippen LogP contribution in [-0.2, 0) is 11.3 Å². The monoisotopic (exact) mass is 264 g/mol.